The van der Waals surface area contributed by atoms with E-state index < -0.39 is 17.7 Å². The quantitative estimate of drug-likeness (QED) is 0.0957. The summed E-state index contributed by atoms with van der Waals surface area (Å²) in [6, 6.07) is 22.5. The molecule has 2 aliphatic carbocycles. The number of benzene rings is 2. The van der Waals surface area contributed by atoms with Crippen molar-refractivity contribution in [3.8, 4) is 12.1 Å². The first-order chi connectivity index (χ1) is 34.1. The highest BCUT2D eigenvalue weighted by Gasteiger charge is 2.36. The normalized spacial score (nSPS) is 21.9. The van der Waals surface area contributed by atoms with Crippen LogP contribution in [0.2, 0.25) is 0 Å². The zero-order valence-electron chi connectivity index (χ0n) is 42.3. The number of nitriles is 2. The molecule has 4 aliphatic rings. The highest BCUT2D eigenvalue weighted by atomic mass is 16.6. The Morgan fingerprint density at radius 2 is 1.07 bits per heavy atom. The number of carbonyl (C=O) groups is 5. The third-order valence-electron chi connectivity index (χ3n) is 15.0. The fourth-order valence-corrected chi connectivity index (χ4v) is 11.0. The van der Waals surface area contributed by atoms with Crippen LogP contribution in [0.1, 0.15) is 132 Å². The Labute approximate surface area is 418 Å². The first-order valence-electron chi connectivity index (χ1n) is 25.9. The number of nitrogens with one attached hydrogen (secondary N) is 5. The second kappa shape index (κ2) is 24.2. The number of hydrogen-bond acceptors (Lipinski definition) is 9. The van der Waals surface area contributed by atoms with Crippen LogP contribution in [-0.2, 0) is 28.4 Å². The van der Waals surface area contributed by atoms with E-state index in [-0.39, 0.29) is 59.6 Å². The molecule has 4 heterocycles. The third-order valence-corrected chi connectivity index (χ3v) is 15.0. The van der Waals surface area contributed by atoms with Crippen LogP contribution in [0, 0.1) is 46.3 Å². The lowest BCUT2D eigenvalue weighted by atomic mass is 9.83. The van der Waals surface area contributed by atoms with Crippen molar-refractivity contribution in [3.05, 3.63) is 72.1 Å². The maximum atomic E-state index is 13.3. The molecule has 0 spiro atoms. The smallest absolute Gasteiger partial charge is 0.410 e. The zero-order chi connectivity index (χ0) is 50.7. The molecule has 2 aliphatic heterocycles. The summed E-state index contributed by atoms with van der Waals surface area (Å²) in [4.78, 5) is 66.8. The summed E-state index contributed by atoms with van der Waals surface area (Å²) >= 11 is 0. The fraction of sp³-hybridized carbons (Fsp3) is 0.582. The Kier molecular flexibility index (Phi) is 17.8. The van der Waals surface area contributed by atoms with Gasteiger partial charge in [0.25, 0.3) is 11.8 Å². The summed E-state index contributed by atoms with van der Waals surface area (Å²) < 4.78 is 9.24. The summed E-state index contributed by atoms with van der Waals surface area (Å²) in [5, 5.41) is 37.0. The summed E-state index contributed by atoms with van der Waals surface area (Å²) in [5.74, 6) is -0.584. The highest BCUT2D eigenvalue weighted by Crippen LogP contribution is 2.30. The molecule has 71 heavy (non-hydrogen) atoms. The SMILES string of the molecule is Cn1c(C(=O)N[C@H]2CCCC[C@H]2C(=O)NC(C#N)CC2CCN(C(=O)OC(C)(C)C)CC2)cc2ccccc21.Cn1c(C(=O)N[C@H]2CCCC[C@H]2C(=O)NC(C#N)CC2CCNCC2)cc2ccccc21. The Hall–Kier alpha value is -6.39. The topological polar surface area (TPSA) is 215 Å². The molecule has 4 aromatic rings. The van der Waals surface area contributed by atoms with Gasteiger partial charge in [0.2, 0.25) is 11.8 Å². The minimum absolute atomic E-state index is 0.104. The average Bonchev–Trinajstić information content (AvgIpc) is 3.89. The zero-order valence-corrected chi connectivity index (χ0v) is 42.3. The Bertz CT molecular complexity index is 2590. The van der Waals surface area contributed by atoms with Crippen LogP contribution >= 0.6 is 0 Å². The van der Waals surface area contributed by atoms with E-state index in [4.69, 9.17) is 4.74 Å². The van der Waals surface area contributed by atoms with E-state index in [1.54, 1.807) is 4.90 Å². The van der Waals surface area contributed by atoms with Gasteiger partial charge in [0, 0.05) is 61.1 Å². The van der Waals surface area contributed by atoms with Crippen LogP contribution in [-0.4, -0.2) is 99.7 Å². The van der Waals surface area contributed by atoms with Gasteiger partial charge in [-0.05, 0) is 134 Å². The number of nitrogens with zero attached hydrogens (tertiary/aromatic N) is 5. The summed E-state index contributed by atoms with van der Waals surface area (Å²) in [7, 11) is 3.76. The molecular formula is C55H74N10O6. The molecule has 380 valence electrons. The van der Waals surface area contributed by atoms with E-state index in [1.807, 2.05) is 105 Å². The molecule has 2 saturated heterocycles. The summed E-state index contributed by atoms with van der Waals surface area (Å²) in [6.45, 7) is 8.66. The van der Waals surface area contributed by atoms with Crippen molar-refractivity contribution in [2.24, 2.45) is 37.8 Å². The van der Waals surface area contributed by atoms with Gasteiger partial charge in [-0.25, -0.2) is 4.79 Å². The number of piperidine rings is 2. The second-order valence-corrected chi connectivity index (χ2v) is 21.2. The van der Waals surface area contributed by atoms with Crippen LogP contribution in [0.3, 0.4) is 0 Å². The Morgan fingerprint density at radius 3 is 1.49 bits per heavy atom. The largest absolute Gasteiger partial charge is 0.444 e. The lowest BCUT2D eigenvalue weighted by molar-refractivity contribution is -0.128. The first-order valence-corrected chi connectivity index (χ1v) is 25.9. The summed E-state index contributed by atoms with van der Waals surface area (Å²) in [6.07, 6.45) is 11.3. The number of para-hydroxylation sites is 2. The van der Waals surface area contributed by atoms with Gasteiger partial charge in [-0.2, -0.15) is 10.5 Å². The van der Waals surface area contributed by atoms with Crippen LogP contribution in [0.5, 0.6) is 0 Å². The van der Waals surface area contributed by atoms with E-state index in [1.165, 1.54) is 0 Å². The van der Waals surface area contributed by atoms with Gasteiger partial charge >= 0.3 is 6.09 Å². The molecule has 2 aromatic heterocycles. The van der Waals surface area contributed by atoms with Gasteiger partial charge in [0.15, 0.2) is 0 Å². The Morgan fingerprint density at radius 1 is 0.648 bits per heavy atom. The number of amides is 5. The van der Waals surface area contributed by atoms with E-state index in [0.29, 0.717) is 49.7 Å². The molecule has 2 saturated carbocycles. The molecule has 4 fully saturated rings. The molecule has 5 amide bonds. The van der Waals surface area contributed by atoms with E-state index in [0.717, 1.165) is 106 Å². The van der Waals surface area contributed by atoms with Gasteiger partial charge in [-0.3, -0.25) is 19.2 Å². The standard InChI is InChI=1S/C30H41N5O4.C25H33N5O2/c1-30(2,3)39-29(38)35-15-13-20(14-16-35)17-22(19-31)32-27(36)23-10-6-7-11-24(23)33-28(37)26-18-21-9-5-8-12-25(21)34(26)4;1-30-22-9-5-2-6-18(22)15-23(30)25(32)29-21-8-4-3-7-20(21)24(31)28-19(16-26)14-17-10-12-27-13-11-17/h5,8-9,12,18,20,22-24H,6-7,10-11,13-17H2,1-4H3,(H,32,36)(H,33,37);2,5-6,9,15,17,19-21,27H,3-4,7-8,10-14H2,1H3,(H,28,31)(H,29,32)/t22?,23-,24+;19?,20-,21+/m11/s1. The number of carbonyl (C=O) groups excluding carboxylic acids is 5. The van der Waals surface area contributed by atoms with Crippen molar-refractivity contribution in [1.29, 1.82) is 10.5 Å². The molecule has 0 radical (unpaired) electrons. The lowest BCUT2D eigenvalue weighted by Crippen LogP contribution is -2.50. The van der Waals surface area contributed by atoms with Gasteiger partial charge < -0.3 is 45.4 Å². The molecule has 0 bridgehead atoms. The maximum Gasteiger partial charge on any atom is 0.410 e. The number of likely N-dealkylation sites (tertiary alicyclic amines) is 1. The number of ether oxygens (including phenoxy) is 1. The molecule has 16 nitrogen and oxygen atoms in total. The Balaban J connectivity index is 0.000000213. The van der Waals surface area contributed by atoms with Crippen molar-refractivity contribution in [2.75, 3.05) is 26.2 Å². The second-order valence-electron chi connectivity index (χ2n) is 21.2. The van der Waals surface area contributed by atoms with Crippen molar-refractivity contribution in [3.63, 3.8) is 0 Å². The van der Waals surface area contributed by atoms with Gasteiger partial charge in [-0.1, -0.05) is 62.1 Å². The molecular weight excluding hydrogens is 897 g/mol. The number of aryl methyl sites for hydroxylation is 2. The van der Waals surface area contributed by atoms with Gasteiger partial charge in [0.1, 0.15) is 29.1 Å². The van der Waals surface area contributed by atoms with Crippen molar-refractivity contribution in [1.82, 2.24) is 40.6 Å². The molecule has 6 atom stereocenters. The fourth-order valence-electron chi connectivity index (χ4n) is 11.0. The molecule has 16 heteroatoms. The number of hydrogen-bond donors (Lipinski definition) is 5. The predicted molar refractivity (Wildman–Crippen MR) is 273 cm³/mol. The monoisotopic (exact) mass is 971 g/mol. The molecule has 2 aromatic carbocycles. The molecule has 8 rings (SSSR count). The number of aromatic nitrogens is 2. The van der Waals surface area contributed by atoms with Crippen molar-refractivity contribution < 1.29 is 28.7 Å². The maximum absolute atomic E-state index is 13.3. The highest BCUT2D eigenvalue weighted by molar-refractivity contribution is 6.00. The number of fused-ring (bicyclic) bond motifs is 2. The van der Waals surface area contributed by atoms with Crippen molar-refractivity contribution >= 4 is 51.5 Å². The van der Waals surface area contributed by atoms with E-state index >= 15 is 0 Å². The van der Waals surface area contributed by atoms with Crippen LogP contribution < -0.4 is 26.6 Å². The van der Waals surface area contributed by atoms with Crippen molar-refractivity contribution in [2.45, 2.75) is 140 Å². The van der Waals surface area contributed by atoms with Crippen LogP contribution in [0.15, 0.2) is 60.7 Å². The number of rotatable bonds is 12. The minimum Gasteiger partial charge on any atom is -0.444 e. The van der Waals surface area contributed by atoms with Crippen LogP contribution in [0.4, 0.5) is 4.79 Å². The first kappa shape index (κ1) is 52.4. The molecule has 5 N–H and O–H groups in total. The predicted octanol–water partition coefficient (Wildman–Crippen LogP) is 7.38. The van der Waals surface area contributed by atoms with E-state index in [9.17, 15) is 34.5 Å². The van der Waals surface area contributed by atoms with Gasteiger partial charge in [-0.15, -0.1) is 0 Å². The van der Waals surface area contributed by atoms with E-state index in [2.05, 4.69) is 38.7 Å². The average molecular weight is 971 g/mol. The molecule has 2 unspecified atom stereocenters. The third kappa shape index (κ3) is 13.7. The van der Waals surface area contributed by atoms with Crippen LogP contribution in [0.25, 0.3) is 21.8 Å². The minimum atomic E-state index is -0.605. The van der Waals surface area contributed by atoms with Gasteiger partial charge in [0.05, 0.1) is 24.0 Å². The lowest BCUT2D eigenvalue weighted by Gasteiger charge is -2.34. The summed E-state index contributed by atoms with van der Waals surface area (Å²) in [5.41, 5.74) is 2.61.